The largest absolute Gasteiger partial charge is 0.325 e. The fourth-order valence-electron chi connectivity index (χ4n) is 1.20. The summed E-state index contributed by atoms with van der Waals surface area (Å²) >= 11 is 0. The van der Waals surface area contributed by atoms with Gasteiger partial charge in [0.25, 0.3) is 0 Å². The summed E-state index contributed by atoms with van der Waals surface area (Å²) in [5.74, 6) is -1.89. The summed E-state index contributed by atoms with van der Waals surface area (Å²) < 4.78 is 25.5. The Kier molecular flexibility index (Phi) is 3.20. The maximum Gasteiger partial charge on any atom is 0.161 e. The molecule has 0 aliphatic carbocycles. The van der Waals surface area contributed by atoms with Crippen molar-refractivity contribution in [3.05, 3.63) is 41.7 Å². The minimum absolute atomic E-state index is 0.216. The van der Waals surface area contributed by atoms with Crippen molar-refractivity contribution in [3.63, 3.8) is 0 Å². The standard InChI is InChI=1S/C10H9F2N5/c11-7-2-1-6(3-8(7)12)15-17-10-5-14-16-9(10)4-13/h1-3,5H,4,13H2,(H,14,16). The minimum Gasteiger partial charge on any atom is -0.325 e. The van der Waals surface area contributed by atoms with Crippen molar-refractivity contribution < 1.29 is 8.78 Å². The zero-order valence-corrected chi connectivity index (χ0v) is 8.69. The monoisotopic (exact) mass is 237 g/mol. The Morgan fingerprint density at radius 2 is 2.06 bits per heavy atom. The molecule has 3 N–H and O–H groups in total. The molecule has 0 unspecified atom stereocenters. The Morgan fingerprint density at radius 1 is 1.24 bits per heavy atom. The number of hydrogen-bond acceptors (Lipinski definition) is 4. The summed E-state index contributed by atoms with van der Waals surface area (Å²) in [4.78, 5) is 0. The fourth-order valence-corrected chi connectivity index (χ4v) is 1.20. The van der Waals surface area contributed by atoms with Crippen LogP contribution in [0.5, 0.6) is 0 Å². The maximum absolute atomic E-state index is 12.9. The fraction of sp³-hybridized carbons (Fsp3) is 0.100. The molecule has 0 saturated heterocycles. The van der Waals surface area contributed by atoms with Crippen LogP contribution in [0.25, 0.3) is 0 Å². The quantitative estimate of drug-likeness (QED) is 0.804. The first-order valence-corrected chi connectivity index (χ1v) is 4.80. The number of rotatable bonds is 3. The Labute approximate surface area is 95.4 Å². The predicted molar refractivity (Wildman–Crippen MR) is 57.0 cm³/mol. The van der Waals surface area contributed by atoms with Crippen LogP contribution in [0.1, 0.15) is 5.69 Å². The molecular formula is C10H9F2N5. The van der Waals surface area contributed by atoms with Crippen LogP contribution >= 0.6 is 0 Å². The third-order valence-corrected chi connectivity index (χ3v) is 2.08. The normalized spacial score (nSPS) is 11.2. The number of nitrogens with zero attached hydrogens (tertiary/aromatic N) is 3. The van der Waals surface area contributed by atoms with Crippen LogP contribution in [0.3, 0.4) is 0 Å². The molecule has 5 nitrogen and oxygen atoms in total. The highest BCUT2D eigenvalue weighted by molar-refractivity contribution is 5.41. The molecule has 1 heterocycles. The molecule has 7 heteroatoms. The molecule has 0 spiro atoms. The van der Waals surface area contributed by atoms with E-state index in [4.69, 9.17) is 5.73 Å². The van der Waals surface area contributed by atoms with Crippen molar-refractivity contribution in [2.75, 3.05) is 0 Å². The number of hydrogen-bond donors (Lipinski definition) is 2. The van der Waals surface area contributed by atoms with Gasteiger partial charge in [-0.2, -0.15) is 10.2 Å². The molecular weight excluding hydrogens is 228 g/mol. The molecule has 17 heavy (non-hydrogen) atoms. The molecule has 88 valence electrons. The maximum atomic E-state index is 12.9. The predicted octanol–water partition coefficient (Wildman–Crippen LogP) is 2.56. The lowest BCUT2D eigenvalue weighted by molar-refractivity contribution is 0.509. The van der Waals surface area contributed by atoms with Gasteiger partial charge in [0.05, 0.1) is 17.6 Å². The highest BCUT2D eigenvalue weighted by Crippen LogP contribution is 2.21. The van der Waals surface area contributed by atoms with Crippen LogP contribution in [-0.4, -0.2) is 10.2 Å². The third kappa shape index (κ3) is 2.51. The third-order valence-electron chi connectivity index (χ3n) is 2.08. The number of aromatic nitrogens is 2. The van der Waals surface area contributed by atoms with E-state index < -0.39 is 11.6 Å². The average Bonchev–Trinajstić information content (AvgIpc) is 2.78. The van der Waals surface area contributed by atoms with Crippen molar-refractivity contribution in [3.8, 4) is 0 Å². The number of benzene rings is 1. The summed E-state index contributed by atoms with van der Waals surface area (Å²) in [6, 6.07) is 3.27. The Hall–Kier alpha value is -2.15. The zero-order valence-electron chi connectivity index (χ0n) is 8.69. The first kappa shape index (κ1) is 11.3. The van der Waals surface area contributed by atoms with Crippen LogP contribution in [0.15, 0.2) is 34.6 Å². The van der Waals surface area contributed by atoms with E-state index in [1.807, 2.05) is 0 Å². The molecule has 0 saturated carbocycles. The number of nitrogens with one attached hydrogen (secondary N) is 1. The summed E-state index contributed by atoms with van der Waals surface area (Å²) in [6.45, 7) is 0.242. The molecule has 1 aromatic heterocycles. The van der Waals surface area contributed by atoms with E-state index >= 15 is 0 Å². The van der Waals surface area contributed by atoms with E-state index in [9.17, 15) is 8.78 Å². The van der Waals surface area contributed by atoms with Crippen LogP contribution in [-0.2, 0) is 6.54 Å². The summed E-state index contributed by atoms with van der Waals surface area (Å²) in [5.41, 5.74) is 6.73. The van der Waals surface area contributed by atoms with Crippen LogP contribution in [0.2, 0.25) is 0 Å². The van der Waals surface area contributed by atoms with Crippen LogP contribution in [0, 0.1) is 11.6 Å². The van der Waals surface area contributed by atoms with Gasteiger partial charge in [0.15, 0.2) is 11.6 Å². The molecule has 2 aromatic rings. The van der Waals surface area contributed by atoms with E-state index in [1.165, 1.54) is 12.3 Å². The van der Waals surface area contributed by atoms with Gasteiger partial charge in [0.2, 0.25) is 0 Å². The van der Waals surface area contributed by atoms with Gasteiger partial charge < -0.3 is 5.73 Å². The number of H-pyrrole nitrogens is 1. The summed E-state index contributed by atoms with van der Waals surface area (Å²) in [5, 5.41) is 14.0. The van der Waals surface area contributed by atoms with E-state index in [0.717, 1.165) is 12.1 Å². The minimum atomic E-state index is -0.965. The smallest absolute Gasteiger partial charge is 0.161 e. The molecule has 0 radical (unpaired) electrons. The number of aromatic amines is 1. The van der Waals surface area contributed by atoms with Gasteiger partial charge in [-0.25, -0.2) is 8.78 Å². The van der Waals surface area contributed by atoms with Crippen molar-refractivity contribution in [2.24, 2.45) is 16.0 Å². The van der Waals surface area contributed by atoms with Crippen molar-refractivity contribution in [1.82, 2.24) is 10.2 Å². The van der Waals surface area contributed by atoms with Gasteiger partial charge in [0, 0.05) is 12.6 Å². The lowest BCUT2D eigenvalue weighted by Gasteiger charge is -1.95. The van der Waals surface area contributed by atoms with Crippen LogP contribution < -0.4 is 5.73 Å². The Balaban J connectivity index is 2.23. The first-order valence-electron chi connectivity index (χ1n) is 4.80. The number of nitrogens with two attached hydrogens (primary N) is 1. The molecule has 2 rings (SSSR count). The second kappa shape index (κ2) is 4.79. The van der Waals surface area contributed by atoms with Crippen LogP contribution in [0.4, 0.5) is 20.2 Å². The van der Waals surface area contributed by atoms with Crippen molar-refractivity contribution in [1.29, 1.82) is 0 Å². The molecule has 0 bridgehead atoms. The SMILES string of the molecule is NCc1[nH]ncc1N=Nc1ccc(F)c(F)c1. The highest BCUT2D eigenvalue weighted by atomic mass is 19.2. The van der Waals surface area contributed by atoms with E-state index in [1.54, 1.807) is 0 Å². The van der Waals surface area contributed by atoms with Gasteiger partial charge in [0.1, 0.15) is 5.69 Å². The zero-order chi connectivity index (χ0) is 12.3. The lowest BCUT2D eigenvalue weighted by Crippen LogP contribution is -1.96. The van der Waals surface area contributed by atoms with Crippen molar-refractivity contribution >= 4 is 11.4 Å². The molecule has 1 aromatic carbocycles. The van der Waals surface area contributed by atoms with Gasteiger partial charge >= 0.3 is 0 Å². The lowest BCUT2D eigenvalue weighted by atomic mass is 10.3. The topological polar surface area (TPSA) is 79.4 Å². The van der Waals surface area contributed by atoms with Crippen molar-refractivity contribution in [2.45, 2.75) is 6.54 Å². The van der Waals surface area contributed by atoms with E-state index in [2.05, 4.69) is 20.4 Å². The molecule has 0 aliphatic heterocycles. The second-order valence-corrected chi connectivity index (χ2v) is 3.24. The van der Waals surface area contributed by atoms with Gasteiger partial charge in [-0.1, -0.05) is 0 Å². The average molecular weight is 237 g/mol. The van der Waals surface area contributed by atoms with Gasteiger partial charge in [-0.3, -0.25) is 5.10 Å². The Morgan fingerprint density at radius 3 is 2.76 bits per heavy atom. The molecule has 0 fully saturated rings. The Bertz CT molecular complexity index is 549. The van der Waals surface area contributed by atoms with E-state index in [0.29, 0.717) is 11.4 Å². The molecule has 0 atom stereocenters. The first-order chi connectivity index (χ1) is 8.20. The number of azo groups is 1. The van der Waals surface area contributed by atoms with Gasteiger partial charge in [-0.05, 0) is 12.1 Å². The van der Waals surface area contributed by atoms with E-state index in [-0.39, 0.29) is 12.2 Å². The summed E-state index contributed by atoms with van der Waals surface area (Å²) in [7, 11) is 0. The molecule has 0 amide bonds. The summed E-state index contributed by atoms with van der Waals surface area (Å²) in [6.07, 6.45) is 1.45. The second-order valence-electron chi connectivity index (χ2n) is 3.24. The number of halogens is 2. The highest BCUT2D eigenvalue weighted by Gasteiger charge is 2.03. The van der Waals surface area contributed by atoms with Gasteiger partial charge in [-0.15, -0.1) is 5.11 Å². The molecule has 0 aliphatic rings.